The maximum Gasteiger partial charge on any atom is 0.289 e. The van der Waals surface area contributed by atoms with Gasteiger partial charge in [0.2, 0.25) is 0 Å². The number of furan rings is 1. The van der Waals surface area contributed by atoms with E-state index in [4.69, 9.17) is 4.42 Å². The third kappa shape index (κ3) is 1.85. The van der Waals surface area contributed by atoms with Crippen molar-refractivity contribution in [1.29, 1.82) is 0 Å². The second-order valence-corrected chi connectivity index (χ2v) is 4.83. The molecule has 0 spiro atoms. The number of hydrogen-bond acceptors (Lipinski definition) is 2. The Kier molecular flexibility index (Phi) is 2.76. The maximum absolute atomic E-state index is 11.7. The van der Waals surface area contributed by atoms with Crippen LogP contribution in [0.1, 0.15) is 16.1 Å². The normalized spacial score (nSPS) is 10.8. The minimum absolute atomic E-state index is 0.124. The summed E-state index contributed by atoms with van der Waals surface area (Å²) in [4.78, 5) is 13.2. The average molecular weight is 282 g/mol. The molecule has 3 nitrogen and oxygen atoms in total. The number of benzene rings is 1. The number of aryl methyl sites for hydroxylation is 1. The molecule has 1 heterocycles. The number of rotatable bonds is 1. The van der Waals surface area contributed by atoms with Crippen LogP contribution in [0.2, 0.25) is 0 Å². The Bertz CT molecular complexity index is 557. The van der Waals surface area contributed by atoms with Crippen LogP contribution in [0.15, 0.2) is 27.1 Å². The van der Waals surface area contributed by atoms with Gasteiger partial charge in [0.25, 0.3) is 5.91 Å². The number of amides is 1. The first kappa shape index (κ1) is 11.2. The molecule has 4 heteroatoms. The molecule has 0 atom stereocenters. The van der Waals surface area contributed by atoms with Crippen molar-refractivity contribution in [2.75, 3.05) is 14.1 Å². The van der Waals surface area contributed by atoms with Gasteiger partial charge in [-0.05, 0) is 46.6 Å². The standard InChI is InChI=1S/C12H12BrNO2/c1-7-4-8-6-10(12(15)14(2)3)16-11(8)9(13)5-7/h4-6H,1-3H3. The fourth-order valence-corrected chi connectivity index (χ4v) is 2.25. The molecule has 0 unspecified atom stereocenters. The average Bonchev–Trinajstić information content (AvgIpc) is 2.60. The molecule has 1 aromatic carbocycles. The summed E-state index contributed by atoms with van der Waals surface area (Å²) >= 11 is 3.43. The van der Waals surface area contributed by atoms with Gasteiger partial charge in [-0.15, -0.1) is 0 Å². The van der Waals surface area contributed by atoms with Gasteiger partial charge in [-0.25, -0.2) is 0 Å². The molecular weight excluding hydrogens is 270 g/mol. The molecule has 0 saturated carbocycles. The maximum atomic E-state index is 11.7. The molecule has 2 aromatic rings. The number of nitrogens with zero attached hydrogens (tertiary/aromatic N) is 1. The zero-order chi connectivity index (χ0) is 11.9. The van der Waals surface area contributed by atoms with E-state index in [1.165, 1.54) is 4.90 Å². The summed E-state index contributed by atoms with van der Waals surface area (Å²) in [5.74, 6) is 0.243. The van der Waals surface area contributed by atoms with Gasteiger partial charge in [0.1, 0.15) is 5.58 Å². The third-order valence-corrected chi connectivity index (χ3v) is 2.92. The highest BCUT2D eigenvalue weighted by Gasteiger charge is 2.15. The fraction of sp³-hybridized carbons (Fsp3) is 0.250. The molecular formula is C12H12BrNO2. The number of carbonyl (C=O) groups excluding carboxylic acids is 1. The largest absolute Gasteiger partial charge is 0.450 e. The summed E-state index contributed by atoms with van der Waals surface area (Å²) in [6.07, 6.45) is 0. The molecule has 0 saturated heterocycles. The molecule has 1 amide bonds. The van der Waals surface area contributed by atoms with Gasteiger partial charge < -0.3 is 9.32 Å². The van der Waals surface area contributed by atoms with Gasteiger partial charge in [-0.2, -0.15) is 0 Å². The Balaban J connectivity index is 2.60. The van der Waals surface area contributed by atoms with Crippen molar-refractivity contribution >= 4 is 32.8 Å². The molecule has 0 aliphatic rings. The monoisotopic (exact) mass is 281 g/mol. The quantitative estimate of drug-likeness (QED) is 0.804. The molecule has 2 rings (SSSR count). The lowest BCUT2D eigenvalue weighted by Crippen LogP contribution is -2.20. The summed E-state index contributed by atoms with van der Waals surface area (Å²) in [7, 11) is 3.41. The van der Waals surface area contributed by atoms with Crippen molar-refractivity contribution in [2.24, 2.45) is 0 Å². The van der Waals surface area contributed by atoms with Crippen LogP contribution in [0.25, 0.3) is 11.0 Å². The molecule has 1 aromatic heterocycles. The highest BCUT2D eigenvalue weighted by molar-refractivity contribution is 9.10. The van der Waals surface area contributed by atoms with Crippen molar-refractivity contribution in [3.63, 3.8) is 0 Å². The SMILES string of the molecule is Cc1cc(Br)c2oc(C(=O)N(C)C)cc2c1. The van der Waals surface area contributed by atoms with E-state index in [0.717, 1.165) is 21.0 Å². The first-order valence-corrected chi connectivity index (χ1v) is 5.69. The van der Waals surface area contributed by atoms with E-state index >= 15 is 0 Å². The summed E-state index contributed by atoms with van der Waals surface area (Å²) in [5, 5.41) is 0.942. The van der Waals surface area contributed by atoms with E-state index in [9.17, 15) is 4.79 Å². The van der Waals surface area contributed by atoms with E-state index in [1.54, 1.807) is 20.2 Å². The van der Waals surface area contributed by atoms with Crippen molar-refractivity contribution < 1.29 is 9.21 Å². The Morgan fingerprint density at radius 1 is 1.31 bits per heavy atom. The van der Waals surface area contributed by atoms with E-state index in [2.05, 4.69) is 15.9 Å². The van der Waals surface area contributed by atoms with Crippen molar-refractivity contribution in [1.82, 2.24) is 4.90 Å². The fourth-order valence-electron chi connectivity index (χ4n) is 1.58. The van der Waals surface area contributed by atoms with Gasteiger partial charge in [0.05, 0.1) is 4.47 Å². The molecule has 0 N–H and O–H groups in total. The first-order chi connectivity index (χ1) is 7.49. The van der Waals surface area contributed by atoms with Crippen LogP contribution in [-0.2, 0) is 0 Å². The van der Waals surface area contributed by atoms with E-state index in [-0.39, 0.29) is 5.91 Å². The van der Waals surface area contributed by atoms with Gasteiger partial charge in [-0.1, -0.05) is 0 Å². The van der Waals surface area contributed by atoms with Crippen LogP contribution in [0.4, 0.5) is 0 Å². The zero-order valence-electron chi connectivity index (χ0n) is 9.37. The van der Waals surface area contributed by atoms with Gasteiger partial charge in [0.15, 0.2) is 5.76 Å². The Labute approximate surface area is 102 Å². The summed E-state index contributed by atoms with van der Waals surface area (Å²) in [6.45, 7) is 2.00. The van der Waals surface area contributed by atoms with Crippen LogP contribution in [0.3, 0.4) is 0 Å². The van der Waals surface area contributed by atoms with Crippen LogP contribution < -0.4 is 0 Å². The van der Waals surface area contributed by atoms with Gasteiger partial charge in [-0.3, -0.25) is 4.79 Å². The minimum Gasteiger partial charge on any atom is -0.450 e. The van der Waals surface area contributed by atoms with E-state index in [0.29, 0.717) is 5.76 Å². The number of halogens is 1. The summed E-state index contributed by atoms with van der Waals surface area (Å²) < 4.78 is 6.41. The number of hydrogen-bond donors (Lipinski definition) is 0. The summed E-state index contributed by atoms with van der Waals surface area (Å²) in [5.41, 5.74) is 1.85. The van der Waals surface area contributed by atoms with Crippen LogP contribution in [0.5, 0.6) is 0 Å². The predicted octanol–water partition coefficient (Wildman–Crippen LogP) is 3.21. The topological polar surface area (TPSA) is 33.5 Å². The smallest absolute Gasteiger partial charge is 0.289 e. The van der Waals surface area contributed by atoms with Crippen LogP contribution in [0, 0.1) is 6.92 Å². The number of fused-ring (bicyclic) bond motifs is 1. The molecule has 0 bridgehead atoms. The van der Waals surface area contributed by atoms with Gasteiger partial charge >= 0.3 is 0 Å². The molecule has 0 aliphatic carbocycles. The Hall–Kier alpha value is -1.29. The van der Waals surface area contributed by atoms with Crippen molar-refractivity contribution in [3.8, 4) is 0 Å². The second-order valence-electron chi connectivity index (χ2n) is 3.98. The van der Waals surface area contributed by atoms with Crippen LogP contribution >= 0.6 is 15.9 Å². The lowest BCUT2D eigenvalue weighted by molar-refractivity contribution is 0.0799. The third-order valence-electron chi connectivity index (χ3n) is 2.33. The second kappa shape index (κ2) is 3.94. The lowest BCUT2D eigenvalue weighted by atomic mass is 10.2. The molecule has 16 heavy (non-hydrogen) atoms. The predicted molar refractivity (Wildman–Crippen MR) is 66.7 cm³/mol. The Morgan fingerprint density at radius 2 is 2.00 bits per heavy atom. The summed E-state index contributed by atoms with van der Waals surface area (Å²) in [6, 6.07) is 5.74. The van der Waals surface area contributed by atoms with Crippen molar-refractivity contribution in [2.45, 2.75) is 6.92 Å². The van der Waals surface area contributed by atoms with Crippen LogP contribution in [-0.4, -0.2) is 24.9 Å². The van der Waals surface area contributed by atoms with E-state index < -0.39 is 0 Å². The Morgan fingerprint density at radius 3 is 2.62 bits per heavy atom. The zero-order valence-corrected chi connectivity index (χ0v) is 11.0. The number of carbonyl (C=O) groups is 1. The highest BCUT2D eigenvalue weighted by atomic mass is 79.9. The molecule has 0 fully saturated rings. The molecule has 0 aliphatic heterocycles. The first-order valence-electron chi connectivity index (χ1n) is 4.90. The molecule has 84 valence electrons. The van der Waals surface area contributed by atoms with E-state index in [1.807, 2.05) is 19.1 Å². The molecule has 0 radical (unpaired) electrons. The highest BCUT2D eigenvalue weighted by Crippen LogP contribution is 2.28. The van der Waals surface area contributed by atoms with Gasteiger partial charge in [0, 0.05) is 19.5 Å². The minimum atomic E-state index is -0.124. The van der Waals surface area contributed by atoms with Crippen molar-refractivity contribution in [3.05, 3.63) is 34.0 Å². The lowest BCUT2D eigenvalue weighted by Gasteiger charge is -2.06.